The molecule has 1 fully saturated rings. The molecule has 0 saturated carbocycles. The lowest BCUT2D eigenvalue weighted by atomic mass is 10.1. The average Bonchev–Trinajstić information content (AvgIpc) is 3.38. The summed E-state index contributed by atoms with van der Waals surface area (Å²) in [6.07, 6.45) is 0.778. The van der Waals surface area contributed by atoms with Gasteiger partial charge in [-0.15, -0.1) is 0 Å². The van der Waals surface area contributed by atoms with Gasteiger partial charge in [-0.3, -0.25) is 14.7 Å². The van der Waals surface area contributed by atoms with Gasteiger partial charge in [0.2, 0.25) is 0 Å². The molecular formula is C27H25N3O2S2. The molecule has 3 aromatic carbocycles. The van der Waals surface area contributed by atoms with Crippen LogP contribution in [0.4, 0.5) is 5.69 Å². The summed E-state index contributed by atoms with van der Waals surface area (Å²) >= 11 is 3.10. The predicted molar refractivity (Wildman–Crippen MR) is 141 cm³/mol. The zero-order chi connectivity index (χ0) is 23.5. The van der Waals surface area contributed by atoms with Gasteiger partial charge < -0.3 is 9.64 Å². The van der Waals surface area contributed by atoms with E-state index in [1.54, 1.807) is 18.9 Å². The molecule has 34 heavy (non-hydrogen) atoms. The lowest BCUT2D eigenvalue weighted by Crippen LogP contribution is -2.32. The molecule has 0 bridgehead atoms. The van der Waals surface area contributed by atoms with E-state index in [2.05, 4.69) is 29.2 Å². The molecule has 5 rings (SSSR count). The highest BCUT2D eigenvalue weighted by molar-refractivity contribution is 8.19. The monoisotopic (exact) mass is 487 g/mol. The molecule has 7 heteroatoms. The first-order valence-corrected chi connectivity index (χ1v) is 12.7. The van der Waals surface area contributed by atoms with Crippen LogP contribution < -0.4 is 9.64 Å². The predicted octanol–water partition coefficient (Wildman–Crippen LogP) is 5.78. The van der Waals surface area contributed by atoms with E-state index in [9.17, 15) is 4.79 Å². The molecule has 172 valence electrons. The number of thioether (sulfide) groups is 2. The Labute approximate surface area is 208 Å². The van der Waals surface area contributed by atoms with Crippen LogP contribution in [0.5, 0.6) is 5.75 Å². The minimum Gasteiger partial charge on any atom is -0.497 e. The molecule has 5 nitrogen and oxygen atoms in total. The van der Waals surface area contributed by atoms with Gasteiger partial charge in [-0.05, 0) is 41.4 Å². The van der Waals surface area contributed by atoms with Crippen molar-refractivity contribution in [3.05, 3.63) is 99.9 Å². The number of methoxy groups -OCH3 is 1. The molecule has 1 amide bonds. The maximum absolute atomic E-state index is 13.7. The van der Waals surface area contributed by atoms with Crippen molar-refractivity contribution >= 4 is 40.3 Å². The van der Waals surface area contributed by atoms with Crippen molar-refractivity contribution in [1.82, 2.24) is 4.90 Å². The Balaban J connectivity index is 1.45. The number of ether oxygens (including phenoxy) is 1. The molecule has 3 aromatic rings. The van der Waals surface area contributed by atoms with Crippen molar-refractivity contribution in [2.45, 2.75) is 17.9 Å². The van der Waals surface area contributed by atoms with Crippen LogP contribution in [0.2, 0.25) is 0 Å². The van der Waals surface area contributed by atoms with E-state index < -0.39 is 0 Å². The number of amidine groups is 1. The highest BCUT2D eigenvalue weighted by Gasteiger charge is 2.39. The number of hydrogen-bond donors (Lipinski definition) is 0. The van der Waals surface area contributed by atoms with Gasteiger partial charge in [0.1, 0.15) is 10.7 Å². The maximum atomic E-state index is 13.7. The molecule has 0 radical (unpaired) electrons. The van der Waals surface area contributed by atoms with Crippen molar-refractivity contribution in [3.63, 3.8) is 0 Å². The first-order chi connectivity index (χ1) is 16.6. The first kappa shape index (κ1) is 22.6. The fourth-order valence-corrected chi connectivity index (χ4v) is 6.26. The zero-order valence-electron chi connectivity index (χ0n) is 19.1. The van der Waals surface area contributed by atoms with Crippen LogP contribution in [-0.4, -0.2) is 36.7 Å². The number of benzene rings is 3. The summed E-state index contributed by atoms with van der Waals surface area (Å²) in [5.74, 6) is 0.819. The smallest absolute Gasteiger partial charge is 0.269 e. The second kappa shape index (κ2) is 9.99. The van der Waals surface area contributed by atoms with Gasteiger partial charge in [-0.1, -0.05) is 72.4 Å². The quantitative estimate of drug-likeness (QED) is 0.413. The third kappa shape index (κ3) is 4.58. The molecule has 2 aliphatic heterocycles. The molecule has 1 saturated heterocycles. The van der Waals surface area contributed by atoms with Crippen molar-refractivity contribution in [2.75, 3.05) is 25.6 Å². The standard InChI is InChI=1S/C27H25N3O2S2/c1-29-22-17-21(32-2)13-14-23(22)33-26(29)24-25(31)30(16-15-19-9-5-3-6-10-19)27(34-24)28-18-20-11-7-4-8-12-20/h3-14,17H,15-16,18H2,1-2H3/b26-24-,28-27?. The number of carbonyl (C=O) groups is 1. The number of carbonyl (C=O) groups excluding carboxylic acids is 1. The summed E-state index contributed by atoms with van der Waals surface area (Å²) < 4.78 is 5.40. The number of rotatable bonds is 6. The Morgan fingerprint density at radius 2 is 1.62 bits per heavy atom. The fourth-order valence-electron chi connectivity index (χ4n) is 3.93. The lowest BCUT2D eigenvalue weighted by Gasteiger charge is -2.17. The molecule has 0 spiro atoms. The highest BCUT2D eigenvalue weighted by atomic mass is 32.2. The third-order valence-corrected chi connectivity index (χ3v) is 8.27. The topological polar surface area (TPSA) is 45.1 Å². The lowest BCUT2D eigenvalue weighted by molar-refractivity contribution is -0.122. The van der Waals surface area contributed by atoms with Crippen LogP contribution in [0.3, 0.4) is 0 Å². The minimum absolute atomic E-state index is 0.0156. The molecule has 0 unspecified atom stereocenters. The highest BCUT2D eigenvalue weighted by Crippen LogP contribution is 2.50. The van der Waals surface area contributed by atoms with Gasteiger partial charge in [-0.2, -0.15) is 0 Å². The average molecular weight is 488 g/mol. The van der Waals surface area contributed by atoms with Crippen molar-refractivity contribution in [2.24, 2.45) is 4.99 Å². The van der Waals surface area contributed by atoms with Crippen molar-refractivity contribution < 1.29 is 9.53 Å². The number of anilines is 1. The Hall–Kier alpha value is -3.16. The van der Waals surface area contributed by atoms with Gasteiger partial charge in [0, 0.05) is 24.6 Å². The molecule has 0 aliphatic carbocycles. The first-order valence-electron chi connectivity index (χ1n) is 11.1. The van der Waals surface area contributed by atoms with E-state index in [1.807, 2.05) is 66.5 Å². The molecule has 0 atom stereocenters. The number of fused-ring (bicyclic) bond motifs is 1. The normalized spacial score (nSPS) is 18.6. The Morgan fingerprint density at radius 3 is 2.32 bits per heavy atom. The second-order valence-electron chi connectivity index (χ2n) is 8.01. The molecule has 0 aromatic heterocycles. The molecular weight excluding hydrogens is 462 g/mol. The summed E-state index contributed by atoms with van der Waals surface area (Å²) in [5, 5.41) is 1.70. The van der Waals surface area contributed by atoms with Crippen LogP contribution in [0.15, 0.2) is 98.7 Å². The van der Waals surface area contributed by atoms with Crippen LogP contribution in [0, 0.1) is 0 Å². The van der Waals surface area contributed by atoms with E-state index in [4.69, 9.17) is 9.73 Å². The zero-order valence-corrected chi connectivity index (χ0v) is 20.7. The van der Waals surface area contributed by atoms with Crippen LogP contribution in [-0.2, 0) is 17.8 Å². The summed E-state index contributed by atoms with van der Waals surface area (Å²) in [5.41, 5.74) is 3.38. The van der Waals surface area contributed by atoms with E-state index in [0.717, 1.165) is 43.4 Å². The summed E-state index contributed by atoms with van der Waals surface area (Å²) in [7, 11) is 3.67. The van der Waals surface area contributed by atoms with E-state index in [-0.39, 0.29) is 5.91 Å². The summed E-state index contributed by atoms with van der Waals surface area (Å²) in [4.78, 5) is 24.3. The minimum atomic E-state index is 0.0156. The Kier molecular flexibility index (Phi) is 6.65. The Morgan fingerprint density at radius 1 is 0.912 bits per heavy atom. The number of hydrogen-bond acceptors (Lipinski definition) is 6. The SMILES string of the molecule is COc1ccc2c(c1)N(C)/C(=C1/SC(=NCc3ccccc3)N(CCc3ccccc3)C1=O)S2. The maximum Gasteiger partial charge on any atom is 0.269 e. The van der Waals surface area contributed by atoms with Gasteiger partial charge in [0.05, 0.1) is 24.4 Å². The fraction of sp³-hybridized carbons (Fsp3) is 0.185. The summed E-state index contributed by atoms with van der Waals surface area (Å²) in [6.45, 7) is 1.14. The molecule has 0 N–H and O–H groups in total. The van der Waals surface area contributed by atoms with Gasteiger partial charge in [0.15, 0.2) is 5.17 Å². The van der Waals surface area contributed by atoms with Crippen LogP contribution in [0.25, 0.3) is 0 Å². The van der Waals surface area contributed by atoms with E-state index in [0.29, 0.717) is 13.1 Å². The van der Waals surface area contributed by atoms with E-state index >= 15 is 0 Å². The summed E-state index contributed by atoms with van der Waals surface area (Å²) in [6, 6.07) is 26.4. The van der Waals surface area contributed by atoms with Gasteiger partial charge >= 0.3 is 0 Å². The van der Waals surface area contributed by atoms with Crippen molar-refractivity contribution in [3.8, 4) is 5.75 Å². The van der Waals surface area contributed by atoms with Crippen LogP contribution in [0.1, 0.15) is 11.1 Å². The second-order valence-corrected chi connectivity index (χ2v) is 10.0. The van der Waals surface area contributed by atoms with Gasteiger partial charge in [0.25, 0.3) is 5.91 Å². The molecule has 2 aliphatic rings. The molecule has 2 heterocycles. The largest absolute Gasteiger partial charge is 0.497 e. The Bertz CT molecular complexity index is 1260. The van der Waals surface area contributed by atoms with Crippen molar-refractivity contribution in [1.29, 1.82) is 0 Å². The number of aliphatic imine (C=N–C) groups is 1. The third-order valence-electron chi connectivity index (χ3n) is 5.80. The number of nitrogens with zero attached hydrogens (tertiary/aromatic N) is 3. The van der Waals surface area contributed by atoms with E-state index in [1.165, 1.54) is 17.3 Å². The number of amides is 1. The van der Waals surface area contributed by atoms with Crippen LogP contribution >= 0.6 is 23.5 Å². The van der Waals surface area contributed by atoms with Gasteiger partial charge in [-0.25, -0.2) is 0 Å².